The summed E-state index contributed by atoms with van der Waals surface area (Å²) in [6.45, 7) is 2.27. The molecule has 2 bridgehead atoms. The molecule has 0 spiro atoms. The standard InChI is InChI=1S/C19H19BrClNS/c20-18-14-10-17(23-16-8-6-15(21)7-9-16)19(18)22(12-14)11-13-4-2-1-3-5-13/h1-9,14,17-19H,10-12H2/t14-,17-,18+,19+/m0/s1. The van der Waals surface area contributed by atoms with Gasteiger partial charge < -0.3 is 0 Å². The van der Waals surface area contributed by atoms with Crippen LogP contribution in [0.2, 0.25) is 5.02 Å². The minimum atomic E-state index is 0.612. The third kappa shape index (κ3) is 3.34. The second-order valence-electron chi connectivity index (χ2n) is 6.46. The third-order valence-electron chi connectivity index (χ3n) is 4.91. The van der Waals surface area contributed by atoms with Gasteiger partial charge in [-0.25, -0.2) is 0 Å². The number of piperidine rings is 1. The van der Waals surface area contributed by atoms with Crippen molar-refractivity contribution in [2.75, 3.05) is 6.54 Å². The molecule has 1 aliphatic carbocycles. The van der Waals surface area contributed by atoms with Crippen LogP contribution >= 0.6 is 39.3 Å². The van der Waals surface area contributed by atoms with Crippen LogP contribution in [0.1, 0.15) is 12.0 Å². The molecule has 1 nitrogen and oxygen atoms in total. The molecule has 0 amide bonds. The van der Waals surface area contributed by atoms with Gasteiger partial charge in [-0.2, -0.15) is 0 Å². The van der Waals surface area contributed by atoms with Gasteiger partial charge in [-0.3, -0.25) is 4.90 Å². The zero-order valence-electron chi connectivity index (χ0n) is 12.7. The number of alkyl halides is 1. The number of nitrogens with zero attached hydrogens (tertiary/aromatic N) is 1. The van der Waals surface area contributed by atoms with Crippen molar-refractivity contribution in [1.82, 2.24) is 4.90 Å². The summed E-state index contributed by atoms with van der Waals surface area (Å²) in [5.41, 5.74) is 1.41. The lowest BCUT2D eigenvalue weighted by Crippen LogP contribution is -2.40. The highest BCUT2D eigenvalue weighted by molar-refractivity contribution is 9.09. The van der Waals surface area contributed by atoms with Gasteiger partial charge in [0.25, 0.3) is 0 Å². The van der Waals surface area contributed by atoms with E-state index in [4.69, 9.17) is 11.6 Å². The Labute approximate surface area is 155 Å². The maximum Gasteiger partial charge on any atom is 0.0406 e. The first kappa shape index (κ1) is 16.0. The van der Waals surface area contributed by atoms with Crippen molar-refractivity contribution in [3.05, 3.63) is 65.2 Å². The molecule has 4 atom stereocenters. The van der Waals surface area contributed by atoms with E-state index >= 15 is 0 Å². The van der Waals surface area contributed by atoms with Gasteiger partial charge in [0.05, 0.1) is 0 Å². The Morgan fingerprint density at radius 3 is 2.52 bits per heavy atom. The van der Waals surface area contributed by atoms with Crippen LogP contribution in [-0.4, -0.2) is 27.6 Å². The van der Waals surface area contributed by atoms with E-state index in [9.17, 15) is 0 Å². The first-order valence-corrected chi connectivity index (χ1v) is 10.2. The molecule has 4 rings (SSSR count). The summed E-state index contributed by atoms with van der Waals surface area (Å²) in [6.07, 6.45) is 1.30. The van der Waals surface area contributed by atoms with Crippen LogP contribution in [-0.2, 0) is 6.54 Å². The lowest BCUT2D eigenvalue weighted by Gasteiger charge is -2.33. The van der Waals surface area contributed by atoms with Crippen molar-refractivity contribution in [3.8, 4) is 0 Å². The topological polar surface area (TPSA) is 3.24 Å². The van der Waals surface area contributed by atoms with Gasteiger partial charge in [-0.1, -0.05) is 57.9 Å². The van der Waals surface area contributed by atoms with E-state index in [1.165, 1.54) is 23.4 Å². The van der Waals surface area contributed by atoms with E-state index in [-0.39, 0.29) is 0 Å². The zero-order chi connectivity index (χ0) is 15.8. The number of rotatable bonds is 4. The molecule has 2 aromatic rings. The van der Waals surface area contributed by atoms with Crippen LogP contribution in [0.15, 0.2) is 59.5 Å². The maximum absolute atomic E-state index is 6.00. The van der Waals surface area contributed by atoms with Crippen molar-refractivity contribution in [2.24, 2.45) is 5.92 Å². The summed E-state index contributed by atoms with van der Waals surface area (Å²) in [5.74, 6) is 0.772. The predicted octanol–water partition coefficient (Wildman–Crippen LogP) is 5.47. The van der Waals surface area contributed by atoms with E-state index in [0.717, 1.165) is 17.5 Å². The van der Waals surface area contributed by atoms with E-state index in [0.29, 0.717) is 16.1 Å². The van der Waals surface area contributed by atoms with Crippen molar-refractivity contribution in [1.29, 1.82) is 0 Å². The Hall–Kier alpha value is -0.480. The normalized spacial score (nSPS) is 30.0. The van der Waals surface area contributed by atoms with E-state index < -0.39 is 0 Å². The van der Waals surface area contributed by atoms with Gasteiger partial charge in [0.2, 0.25) is 0 Å². The number of likely N-dealkylation sites (tertiary alicyclic amines) is 1. The van der Waals surface area contributed by atoms with Gasteiger partial charge in [-0.15, -0.1) is 11.8 Å². The minimum Gasteiger partial charge on any atom is -0.294 e. The van der Waals surface area contributed by atoms with Crippen LogP contribution < -0.4 is 0 Å². The molecule has 0 aromatic heterocycles. The zero-order valence-corrected chi connectivity index (χ0v) is 15.9. The fourth-order valence-electron chi connectivity index (χ4n) is 3.88. The summed E-state index contributed by atoms with van der Waals surface area (Å²) in [7, 11) is 0. The Balaban J connectivity index is 1.48. The van der Waals surface area contributed by atoms with Gasteiger partial charge >= 0.3 is 0 Å². The van der Waals surface area contributed by atoms with E-state index in [2.05, 4.69) is 63.3 Å². The summed E-state index contributed by atoms with van der Waals surface area (Å²) in [4.78, 5) is 4.61. The highest BCUT2D eigenvalue weighted by Gasteiger charge is 2.51. The molecule has 1 heterocycles. The summed E-state index contributed by atoms with van der Waals surface area (Å²) in [6, 6.07) is 19.7. The molecule has 1 saturated carbocycles. The molecule has 1 saturated heterocycles. The molecule has 2 aliphatic rings. The molecular weight excluding hydrogens is 390 g/mol. The molecule has 0 N–H and O–H groups in total. The lowest BCUT2D eigenvalue weighted by atomic mass is 10.1. The van der Waals surface area contributed by atoms with Crippen LogP contribution in [0.25, 0.3) is 0 Å². The molecule has 23 heavy (non-hydrogen) atoms. The van der Waals surface area contributed by atoms with Gasteiger partial charge in [0.15, 0.2) is 0 Å². The highest BCUT2D eigenvalue weighted by Crippen LogP contribution is 2.49. The van der Waals surface area contributed by atoms with Crippen LogP contribution in [0, 0.1) is 5.92 Å². The molecule has 1 aliphatic heterocycles. The van der Waals surface area contributed by atoms with Crippen LogP contribution in [0.4, 0.5) is 0 Å². The molecule has 2 aromatic carbocycles. The second kappa shape index (κ2) is 6.79. The van der Waals surface area contributed by atoms with Crippen molar-refractivity contribution in [2.45, 2.75) is 34.0 Å². The molecule has 2 fully saturated rings. The highest BCUT2D eigenvalue weighted by atomic mass is 79.9. The Morgan fingerprint density at radius 1 is 1.09 bits per heavy atom. The lowest BCUT2D eigenvalue weighted by molar-refractivity contribution is 0.211. The number of benzene rings is 2. The van der Waals surface area contributed by atoms with Gasteiger partial charge in [-0.05, 0) is 42.2 Å². The Morgan fingerprint density at radius 2 is 1.83 bits per heavy atom. The van der Waals surface area contributed by atoms with Crippen molar-refractivity contribution in [3.63, 3.8) is 0 Å². The monoisotopic (exact) mass is 407 g/mol. The predicted molar refractivity (Wildman–Crippen MR) is 103 cm³/mol. The first-order valence-electron chi connectivity index (χ1n) is 8.05. The fraction of sp³-hybridized carbons (Fsp3) is 0.368. The molecule has 0 unspecified atom stereocenters. The van der Waals surface area contributed by atoms with E-state index in [1.807, 2.05) is 23.9 Å². The number of halogens is 2. The van der Waals surface area contributed by atoms with Crippen molar-refractivity contribution >= 4 is 39.3 Å². The largest absolute Gasteiger partial charge is 0.294 e. The van der Waals surface area contributed by atoms with Crippen molar-refractivity contribution < 1.29 is 0 Å². The smallest absolute Gasteiger partial charge is 0.0406 e. The second-order valence-corrected chi connectivity index (χ2v) is 9.26. The molecule has 4 heteroatoms. The number of hydrogen-bond donors (Lipinski definition) is 0. The minimum absolute atomic E-state index is 0.612. The Bertz CT molecular complexity index is 663. The van der Waals surface area contributed by atoms with Crippen LogP contribution in [0.3, 0.4) is 0 Å². The summed E-state index contributed by atoms with van der Waals surface area (Å²) in [5, 5.41) is 1.47. The first-order chi connectivity index (χ1) is 11.2. The molecular formula is C19H19BrClNS. The third-order valence-corrected chi connectivity index (χ3v) is 7.77. The number of fused-ring (bicyclic) bond motifs is 2. The number of hydrogen-bond acceptors (Lipinski definition) is 2. The molecule has 120 valence electrons. The Kier molecular flexibility index (Phi) is 4.73. The fourth-order valence-corrected chi connectivity index (χ4v) is 6.76. The average molecular weight is 409 g/mol. The quantitative estimate of drug-likeness (QED) is 0.617. The SMILES string of the molecule is Clc1ccc(S[C@H]2C[C@H]3CN(Cc4ccccc4)[C@H]2[C@@H]3Br)cc1. The van der Waals surface area contributed by atoms with Gasteiger partial charge in [0.1, 0.15) is 0 Å². The summed E-state index contributed by atoms with van der Waals surface area (Å²) >= 11 is 12.0. The van der Waals surface area contributed by atoms with Gasteiger partial charge in [0, 0.05) is 39.1 Å². The maximum atomic E-state index is 6.00. The molecule has 0 radical (unpaired) electrons. The number of thioether (sulfide) groups is 1. The average Bonchev–Trinajstić information content (AvgIpc) is 3.02. The van der Waals surface area contributed by atoms with Crippen LogP contribution in [0.5, 0.6) is 0 Å². The van der Waals surface area contributed by atoms with E-state index in [1.54, 1.807) is 0 Å². The summed E-state index contributed by atoms with van der Waals surface area (Å²) < 4.78 is 0.